The van der Waals surface area contributed by atoms with Crippen LogP contribution < -0.4 is 4.74 Å². The van der Waals surface area contributed by atoms with E-state index in [2.05, 4.69) is 18.2 Å². The summed E-state index contributed by atoms with van der Waals surface area (Å²) in [6, 6.07) is 16.3. The van der Waals surface area contributed by atoms with Gasteiger partial charge in [0.25, 0.3) is 0 Å². The number of carboxylic acid groups (broad SMARTS) is 1. The minimum atomic E-state index is -0.885. The molecule has 3 nitrogen and oxygen atoms in total. The predicted molar refractivity (Wildman–Crippen MR) is 88.1 cm³/mol. The lowest BCUT2D eigenvalue weighted by molar-refractivity contribution is -0.131. The van der Waals surface area contributed by atoms with Crippen LogP contribution in [0.5, 0.6) is 5.75 Å². The van der Waals surface area contributed by atoms with Crippen LogP contribution in [0.2, 0.25) is 0 Å². The first-order chi connectivity index (χ1) is 10.6. The normalized spacial score (nSPS) is 11.3. The number of ether oxygens (including phenoxy) is 1. The van der Waals surface area contributed by atoms with E-state index in [9.17, 15) is 4.79 Å². The van der Waals surface area contributed by atoms with Crippen LogP contribution in [0.4, 0.5) is 0 Å². The van der Waals surface area contributed by atoms with E-state index in [0.717, 1.165) is 35.3 Å². The zero-order valence-corrected chi connectivity index (χ0v) is 12.9. The highest BCUT2D eigenvalue weighted by atomic mass is 16.5. The van der Waals surface area contributed by atoms with Crippen molar-refractivity contribution in [1.29, 1.82) is 0 Å². The molecule has 1 N–H and O–H groups in total. The fourth-order valence-corrected chi connectivity index (χ4v) is 2.31. The minimum Gasteiger partial charge on any atom is -0.497 e. The quantitative estimate of drug-likeness (QED) is 0.807. The number of methoxy groups -OCH3 is 1. The Morgan fingerprint density at radius 3 is 2.50 bits per heavy atom. The lowest BCUT2D eigenvalue weighted by Crippen LogP contribution is -1.92. The average Bonchev–Trinajstić information content (AvgIpc) is 2.53. The van der Waals surface area contributed by atoms with E-state index in [-0.39, 0.29) is 0 Å². The molecule has 0 fully saturated rings. The van der Waals surface area contributed by atoms with Crippen molar-refractivity contribution in [3.8, 4) is 16.9 Å². The number of aliphatic carboxylic acids is 1. The Balaban J connectivity index is 2.10. The highest BCUT2D eigenvalue weighted by Crippen LogP contribution is 2.24. The molecule has 0 spiro atoms. The van der Waals surface area contributed by atoms with Gasteiger partial charge in [-0.05, 0) is 48.6 Å². The molecule has 0 radical (unpaired) electrons. The molecule has 2 aromatic carbocycles. The molecule has 0 bridgehead atoms. The van der Waals surface area contributed by atoms with E-state index in [1.54, 1.807) is 7.11 Å². The van der Waals surface area contributed by atoms with Gasteiger partial charge in [-0.3, -0.25) is 0 Å². The van der Waals surface area contributed by atoms with Gasteiger partial charge in [-0.2, -0.15) is 0 Å². The second kappa shape index (κ2) is 7.46. The molecule has 0 saturated carbocycles. The van der Waals surface area contributed by atoms with Crippen LogP contribution in [0.25, 0.3) is 11.1 Å². The number of carboxylic acids is 1. The highest BCUT2D eigenvalue weighted by molar-refractivity contribution is 5.80. The Labute approximate surface area is 130 Å². The van der Waals surface area contributed by atoms with Crippen molar-refractivity contribution >= 4 is 5.97 Å². The summed E-state index contributed by atoms with van der Waals surface area (Å²) in [5.74, 6) is -0.0428. The fourth-order valence-electron chi connectivity index (χ4n) is 2.31. The van der Waals surface area contributed by atoms with Crippen LogP contribution in [0.3, 0.4) is 0 Å². The zero-order valence-electron chi connectivity index (χ0n) is 12.9. The third kappa shape index (κ3) is 4.48. The topological polar surface area (TPSA) is 46.5 Å². The van der Waals surface area contributed by atoms with E-state index in [4.69, 9.17) is 9.84 Å². The van der Waals surface area contributed by atoms with Gasteiger partial charge in [0.1, 0.15) is 5.75 Å². The van der Waals surface area contributed by atoms with E-state index in [1.807, 2.05) is 37.3 Å². The predicted octanol–water partition coefficient (Wildman–Crippen LogP) is 4.33. The molecule has 0 aromatic heterocycles. The summed E-state index contributed by atoms with van der Waals surface area (Å²) < 4.78 is 5.17. The number of hydrogen-bond donors (Lipinski definition) is 1. The molecule has 0 atom stereocenters. The molecule has 22 heavy (non-hydrogen) atoms. The van der Waals surface area contributed by atoms with Crippen LogP contribution in [-0.4, -0.2) is 18.2 Å². The average molecular weight is 296 g/mol. The standard InChI is InChI=1S/C19H20O3/c1-14(12-19(20)21)6-7-15-4-3-5-17(13-15)16-8-10-18(22-2)11-9-16/h3-5,8-13H,6-7H2,1-2H3,(H,20,21)/b14-12+. The summed E-state index contributed by atoms with van der Waals surface area (Å²) >= 11 is 0. The second-order valence-electron chi connectivity index (χ2n) is 5.26. The van der Waals surface area contributed by atoms with Crippen molar-refractivity contribution in [3.05, 3.63) is 65.7 Å². The number of allylic oxidation sites excluding steroid dienone is 1. The van der Waals surface area contributed by atoms with E-state index < -0.39 is 5.97 Å². The van der Waals surface area contributed by atoms with Crippen LogP contribution >= 0.6 is 0 Å². The minimum absolute atomic E-state index is 0.748. The van der Waals surface area contributed by atoms with Crippen molar-refractivity contribution in [3.63, 3.8) is 0 Å². The van der Waals surface area contributed by atoms with Gasteiger partial charge >= 0.3 is 5.97 Å². The van der Waals surface area contributed by atoms with Gasteiger partial charge < -0.3 is 9.84 Å². The number of carbonyl (C=O) groups is 1. The molecule has 0 heterocycles. The SMILES string of the molecule is COc1ccc(-c2cccc(CC/C(C)=C/C(=O)O)c2)cc1. The monoisotopic (exact) mass is 296 g/mol. The highest BCUT2D eigenvalue weighted by Gasteiger charge is 2.02. The first-order valence-corrected chi connectivity index (χ1v) is 7.22. The number of rotatable bonds is 6. The van der Waals surface area contributed by atoms with Gasteiger partial charge in [-0.1, -0.05) is 42.0 Å². The molecule has 0 aliphatic rings. The maximum Gasteiger partial charge on any atom is 0.328 e. The van der Waals surface area contributed by atoms with Crippen LogP contribution in [0, 0.1) is 0 Å². The van der Waals surface area contributed by atoms with E-state index in [0.29, 0.717) is 0 Å². The van der Waals surface area contributed by atoms with Crippen molar-refractivity contribution in [1.82, 2.24) is 0 Å². The Hall–Kier alpha value is -2.55. The molecule has 3 heteroatoms. The molecule has 2 aromatic rings. The van der Waals surface area contributed by atoms with Crippen molar-refractivity contribution in [2.75, 3.05) is 7.11 Å². The Morgan fingerprint density at radius 1 is 1.14 bits per heavy atom. The largest absolute Gasteiger partial charge is 0.497 e. The van der Waals surface area contributed by atoms with Crippen LogP contribution in [-0.2, 0) is 11.2 Å². The van der Waals surface area contributed by atoms with Gasteiger partial charge in [0.05, 0.1) is 7.11 Å². The molecular formula is C19H20O3. The lowest BCUT2D eigenvalue weighted by Gasteiger charge is -2.07. The fraction of sp³-hybridized carbons (Fsp3) is 0.211. The molecular weight excluding hydrogens is 276 g/mol. The summed E-state index contributed by atoms with van der Waals surface area (Å²) in [7, 11) is 1.66. The third-order valence-corrected chi connectivity index (χ3v) is 3.53. The van der Waals surface area contributed by atoms with Gasteiger partial charge in [0.2, 0.25) is 0 Å². The molecule has 0 amide bonds. The van der Waals surface area contributed by atoms with Crippen molar-refractivity contribution < 1.29 is 14.6 Å². The zero-order chi connectivity index (χ0) is 15.9. The maximum atomic E-state index is 10.6. The Bertz CT molecular complexity index is 669. The van der Waals surface area contributed by atoms with Crippen LogP contribution in [0.15, 0.2) is 60.2 Å². The van der Waals surface area contributed by atoms with E-state index in [1.165, 1.54) is 11.6 Å². The van der Waals surface area contributed by atoms with Gasteiger partial charge in [-0.15, -0.1) is 0 Å². The van der Waals surface area contributed by atoms with Crippen LogP contribution in [0.1, 0.15) is 18.9 Å². The summed E-state index contributed by atoms with van der Waals surface area (Å²) in [6.07, 6.45) is 2.85. The molecule has 0 saturated heterocycles. The van der Waals surface area contributed by atoms with Crippen molar-refractivity contribution in [2.45, 2.75) is 19.8 Å². The summed E-state index contributed by atoms with van der Waals surface area (Å²) in [5, 5.41) is 8.73. The molecule has 0 unspecified atom stereocenters. The van der Waals surface area contributed by atoms with Gasteiger partial charge in [0, 0.05) is 6.08 Å². The number of hydrogen-bond acceptors (Lipinski definition) is 2. The van der Waals surface area contributed by atoms with Gasteiger partial charge in [-0.25, -0.2) is 4.79 Å². The molecule has 0 aliphatic heterocycles. The summed E-state index contributed by atoms with van der Waals surface area (Å²) in [4.78, 5) is 10.6. The first kappa shape index (κ1) is 15.8. The third-order valence-electron chi connectivity index (χ3n) is 3.53. The van der Waals surface area contributed by atoms with E-state index >= 15 is 0 Å². The Morgan fingerprint density at radius 2 is 1.86 bits per heavy atom. The smallest absolute Gasteiger partial charge is 0.328 e. The summed E-state index contributed by atoms with van der Waals surface area (Å²) in [5.41, 5.74) is 4.37. The van der Waals surface area contributed by atoms with Crippen molar-refractivity contribution in [2.24, 2.45) is 0 Å². The molecule has 0 aliphatic carbocycles. The number of benzene rings is 2. The first-order valence-electron chi connectivity index (χ1n) is 7.22. The maximum absolute atomic E-state index is 10.6. The molecule has 114 valence electrons. The molecule has 2 rings (SSSR count). The summed E-state index contributed by atoms with van der Waals surface area (Å²) in [6.45, 7) is 1.85. The van der Waals surface area contributed by atoms with Gasteiger partial charge in [0.15, 0.2) is 0 Å². The number of aryl methyl sites for hydroxylation is 1. The lowest BCUT2D eigenvalue weighted by atomic mass is 9.99. The Kier molecular flexibility index (Phi) is 5.37. The second-order valence-corrected chi connectivity index (χ2v) is 5.26.